The number of aromatic nitrogens is 2. The van der Waals surface area contributed by atoms with Crippen LogP contribution in [0.1, 0.15) is 42.5 Å². The normalized spacial score (nSPS) is 12.7. The summed E-state index contributed by atoms with van der Waals surface area (Å²) in [5.41, 5.74) is 2.75. The molecule has 1 unspecified atom stereocenters. The number of rotatable bonds is 5. The van der Waals surface area contributed by atoms with Gasteiger partial charge >= 0.3 is 0 Å². The van der Waals surface area contributed by atoms with E-state index in [1.54, 1.807) is 25.1 Å². The van der Waals surface area contributed by atoms with Gasteiger partial charge in [-0.3, -0.25) is 4.68 Å². The Morgan fingerprint density at radius 3 is 2.71 bits per heavy atom. The standard InChI is InChI=1S/C16H20BrFN2O/c1-4-12-15(17)13(20(5-2)19-12)9-14(21)11-8-6-7-10(3)16(11)18/h6-8,14,21H,4-5,9H2,1-3H3. The number of hydrogen-bond acceptors (Lipinski definition) is 2. The minimum atomic E-state index is -0.882. The van der Waals surface area contributed by atoms with Crippen LogP contribution in [0.25, 0.3) is 0 Å². The second-order valence-electron chi connectivity index (χ2n) is 5.07. The van der Waals surface area contributed by atoms with Crippen LogP contribution in [0.15, 0.2) is 22.7 Å². The maximum absolute atomic E-state index is 14.1. The molecule has 0 bridgehead atoms. The average molecular weight is 355 g/mol. The number of halogens is 2. The van der Waals surface area contributed by atoms with Crippen molar-refractivity contribution in [3.8, 4) is 0 Å². The topological polar surface area (TPSA) is 38.0 Å². The lowest BCUT2D eigenvalue weighted by Gasteiger charge is -2.14. The Bertz CT molecular complexity index is 639. The van der Waals surface area contributed by atoms with Crippen LogP contribution in [-0.2, 0) is 19.4 Å². The van der Waals surface area contributed by atoms with Crippen molar-refractivity contribution in [3.05, 3.63) is 51.0 Å². The molecule has 0 amide bonds. The fourth-order valence-corrected chi connectivity index (χ4v) is 3.16. The van der Waals surface area contributed by atoms with E-state index in [1.165, 1.54) is 0 Å². The summed E-state index contributed by atoms with van der Waals surface area (Å²) in [4.78, 5) is 0. The number of aliphatic hydroxyl groups excluding tert-OH is 1. The first kappa shape index (κ1) is 16.2. The van der Waals surface area contributed by atoms with Crippen LogP contribution >= 0.6 is 15.9 Å². The van der Waals surface area contributed by atoms with E-state index in [9.17, 15) is 9.50 Å². The molecule has 0 saturated heterocycles. The molecule has 0 aliphatic heterocycles. The zero-order valence-electron chi connectivity index (χ0n) is 12.5. The Morgan fingerprint density at radius 1 is 1.38 bits per heavy atom. The third kappa shape index (κ3) is 3.19. The van der Waals surface area contributed by atoms with Crippen molar-refractivity contribution >= 4 is 15.9 Å². The molecule has 1 heterocycles. The first-order chi connectivity index (χ1) is 9.99. The van der Waals surface area contributed by atoms with Crippen LogP contribution in [0.4, 0.5) is 4.39 Å². The summed E-state index contributed by atoms with van der Waals surface area (Å²) < 4.78 is 16.9. The van der Waals surface area contributed by atoms with E-state index in [0.717, 1.165) is 28.8 Å². The van der Waals surface area contributed by atoms with E-state index in [2.05, 4.69) is 21.0 Å². The molecule has 0 fully saturated rings. The largest absolute Gasteiger partial charge is 0.388 e. The van der Waals surface area contributed by atoms with Crippen molar-refractivity contribution in [3.63, 3.8) is 0 Å². The molecule has 0 aliphatic rings. The summed E-state index contributed by atoms with van der Waals surface area (Å²) in [5, 5.41) is 14.9. The highest BCUT2D eigenvalue weighted by atomic mass is 79.9. The number of aryl methyl sites for hydroxylation is 3. The molecule has 2 rings (SSSR count). The smallest absolute Gasteiger partial charge is 0.131 e. The second-order valence-corrected chi connectivity index (χ2v) is 5.87. The molecule has 21 heavy (non-hydrogen) atoms. The number of benzene rings is 1. The highest BCUT2D eigenvalue weighted by Gasteiger charge is 2.20. The third-order valence-corrected chi connectivity index (χ3v) is 4.58. The van der Waals surface area contributed by atoms with Gasteiger partial charge in [0.15, 0.2) is 0 Å². The molecule has 1 N–H and O–H groups in total. The molecule has 1 atom stereocenters. The molecule has 1 aromatic heterocycles. The minimum absolute atomic E-state index is 0.334. The Morgan fingerprint density at radius 2 is 2.10 bits per heavy atom. The number of hydrogen-bond donors (Lipinski definition) is 1. The molecule has 0 aliphatic carbocycles. The first-order valence-electron chi connectivity index (χ1n) is 7.16. The van der Waals surface area contributed by atoms with E-state index in [1.807, 2.05) is 18.5 Å². The van der Waals surface area contributed by atoms with Crippen LogP contribution in [0, 0.1) is 12.7 Å². The Balaban J connectivity index is 2.33. The third-order valence-electron chi connectivity index (χ3n) is 3.66. The van der Waals surface area contributed by atoms with Gasteiger partial charge in [0.05, 0.1) is 22.0 Å². The first-order valence-corrected chi connectivity index (χ1v) is 7.95. The molecule has 114 valence electrons. The van der Waals surface area contributed by atoms with Crippen LogP contribution < -0.4 is 0 Å². The quantitative estimate of drug-likeness (QED) is 0.882. The van der Waals surface area contributed by atoms with Gasteiger partial charge in [0.1, 0.15) is 5.82 Å². The fourth-order valence-electron chi connectivity index (χ4n) is 2.43. The minimum Gasteiger partial charge on any atom is -0.388 e. The molecular formula is C16H20BrFN2O. The van der Waals surface area contributed by atoms with Crippen LogP contribution in [0.2, 0.25) is 0 Å². The van der Waals surface area contributed by atoms with Crippen molar-refractivity contribution in [1.29, 1.82) is 0 Å². The molecule has 2 aromatic rings. The maximum Gasteiger partial charge on any atom is 0.131 e. The van der Waals surface area contributed by atoms with Gasteiger partial charge in [-0.2, -0.15) is 5.10 Å². The summed E-state index contributed by atoms with van der Waals surface area (Å²) in [5.74, 6) is -0.334. The highest BCUT2D eigenvalue weighted by molar-refractivity contribution is 9.10. The molecule has 5 heteroatoms. The maximum atomic E-state index is 14.1. The van der Waals surface area contributed by atoms with E-state index in [0.29, 0.717) is 17.5 Å². The molecule has 1 aromatic carbocycles. The van der Waals surface area contributed by atoms with Crippen molar-refractivity contribution < 1.29 is 9.50 Å². The Labute approximate surface area is 132 Å². The summed E-state index contributed by atoms with van der Waals surface area (Å²) in [6, 6.07) is 5.10. The summed E-state index contributed by atoms with van der Waals surface area (Å²) in [7, 11) is 0. The number of aliphatic hydroxyl groups is 1. The van der Waals surface area contributed by atoms with Crippen molar-refractivity contribution in [2.24, 2.45) is 0 Å². The Kier molecular flexibility index (Phi) is 5.17. The molecule has 0 spiro atoms. The summed E-state index contributed by atoms with van der Waals surface area (Å²) in [6.45, 7) is 6.46. The zero-order valence-corrected chi connectivity index (χ0v) is 14.1. The lowest BCUT2D eigenvalue weighted by molar-refractivity contribution is 0.170. The number of nitrogens with zero attached hydrogens (tertiary/aromatic N) is 2. The predicted molar refractivity (Wildman–Crippen MR) is 84.8 cm³/mol. The molecule has 0 radical (unpaired) electrons. The van der Waals surface area contributed by atoms with Gasteiger partial charge < -0.3 is 5.11 Å². The van der Waals surface area contributed by atoms with Gasteiger partial charge in [0, 0.05) is 18.5 Å². The van der Waals surface area contributed by atoms with Crippen LogP contribution in [-0.4, -0.2) is 14.9 Å². The summed E-state index contributed by atoms with van der Waals surface area (Å²) in [6.07, 6.45) is 0.269. The van der Waals surface area contributed by atoms with Crippen molar-refractivity contribution in [1.82, 2.24) is 9.78 Å². The van der Waals surface area contributed by atoms with Gasteiger partial charge in [-0.1, -0.05) is 25.1 Å². The van der Waals surface area contributed by atoms with E-state index in [4.69, 9.17) is 0 Å². The Hall–Kier alpha value is -1.20. The van der Waals surface area contributed by atoms with E-state index in [-0.39, 0.29) is 5.82 Å². The lowest BCUT2D eigenvalue weighted by Crippen LogP contribution is -2.10. The van der Waals surface area contributed by atoms with Crippen molar-refractivity contribution in [2.75, 3.05) is 0 Å². The predicted octanol–water partition coefficient (Wildman–Crippen LogP) is 3.95. The lowest BCUT2D eigenvalue weighted by atomic mass is 10.0. The van der Waals surface area contributed by atoms with Gasteiger partial charge in [0.25, 0.3) is 0 Å². The second kappa shape index (κ2) is 6.71. The monoisotopic (exact) mass is 354 g/mol. The van der Waals surface area contributed by atoms with Gasteiger partial charge in [-0.25, -0.2) is 4.39 Å². The molecule has 0 saturated carbocycles. The molecular weight excluding hydrogens is 335 g/mol. The average Bonchev–Trinajstić information content (AvgIpc) is 2.78. The SMILES string of the molecule is CCc1nn(CC)c(CC(O)c2cccc(C)c2F)c1Br. The summed E-state index contributed by atoms with van der Waals surface area (Å²) >= 11 is 3.55. The van der Waals surface area contributed by atoms with Crippen molar-refractivity contribution in [2.45, 2.75) is 46.3 Å². The zero-order chi connectivity index (χ0) is 15.6. The fraction of sp³-hybridized carbons (Fsp3) is 0.438. The van der Waals surface area contributed by atoms with Gasteiger partial charge in [0.2, 0.25) is 0 Å². The molecule has 3 nitrogen and oxygen atoms in total. The van der Waals surface area contributed by atoms with Crippen LogP contribution in [0.3, 0.4) is 0 Å². The van der Waals surface area contributed by atoms with Crippen LogP contribution in [0.5, 0.6) is 0 Å². The van der Waals surface area contributed by atoms with E-state index >= 15 is 0 Å². The highest BCUT2D eigenvalue weighted by Crippen LogP contribution is 2.28. The van der Waals surface area contributed by atoms with Gasteiger partial charge in [-0.15, -0.1) is 0 Å². The van der Waals surface area contributed by atoms with E-state index < -0.39 is 6.10 Å². The van der Waals surface area contributed by atoms with Gasteiger partial charge in [-0.05, 0) is 41.8 Å².